The maximum atomic E-state index is 9.47. The number of methoxy groups -OCH3 is 1. The van der Waals surface area contributed by atoms with Gasteiger partial charge in [-0.05, 0) is 37.0 Å². The molecule has 0 heterocycles. The Labute approximate surface area is 117 Å². The summed E-state index contributed by atoms with van der Waals surface area (Å²) in [5.41, 5.74) is 3.53. The smallest absolute Gasteiger partial charge is 0.142 e. The molecule has 0 aromatic heterocycles. The van der Waals surface area contributed by atoms with Crippen LogP contribution in [0.4, 0.5) is 5.69 Å². The Morgan fingerprint density at radius 2 is 1.89 bits per heavy atom. The van der Waals surface area contributed by atoms with E-state index in [9.17, 15) is 5.11 Å². The highest BCUT2D eigenvalue weighted by molar-refractivity contribution is 5.64. The van der Waals surface area contributed by atoms with Gasteiger partial charge in [-0.25, -0.2) is 0 Å². The zero-order valence-corrected chi connectivity index (χ0v) is 13.0. The Bertz CT molecular complexity index is 415. The Kier molecular flexibility index (Phi) is 5.67. The van der Waals surface area contributed by atoms with Crippen molar-refractivity contribution in [2.45, 2.75) is 27.7 Å². The molecule has 0 amide bonds. The number of anilines is 1. The van der Waals surface area contributed by atoms with Gasteiger partial charge < -0.3 is 14.7 Å². The van der Waals surface area contributed by atoms with Gasteiger partial charge in [0.25, 0.3) is 0 Å². The van der Waals surface area contributed by atoms with Crippen LogP contribution in [0.3, 0.4) is 0 Å². The molecule has 1 atom stereocenters. The minimum atomic E-state index is 0.217. The SMILES string of the molecule is COc1cc(C)cc(C)c1N(C)CC(CO)C(C)C. The highest BCUT2D eigenvalue weighted by atomic mass is 16.5. The first kappa shape index (κ1) is 15.8. The molecule has 0 aliphatic heterocycles. The monoisotopic (exact) mass is 265 g/mol. The third-order valence-corrected chi connectivity index (χ3v) is 3.70. The fourth-order valence-corrected chi connectivity index (χ4v) is 2.49. The van der Waals surface area contributed by atoms with Crippen molar-refractivity contribution >= 4 is 5.69 Å². The van der Waals surface area contributed by atoms with E-state index in [1.165, 1.54) is 11.1 Å². The Morgan fingerprint density at radius 3 is 2.37 bits per heavy atom. The van der Waals surface area contributed by atoms with Crippen molar-refractivity contribution in [3.8, 4) is 5.75 Å². The molecule has 0 spiro atoms. The molecule has 1 aromatic rings. The lowest BCUT2D eigenvalue weighted by atomic mass is 9.96. The van der Waals surface area contributed by atoms with E-state index < -0.39 is 0 Å². The Hall–Kier alpha value is -1.22. The van der Waals surface area contributed by atoms with Crippen LogP contribution in [0.15, 0.2) is 12.1 Å². The molecule has 1 unspecified atom stereocenters. The van der Waals surface area contributed by atoms with Crippen LogP contribution in [-0.2, 0) is 0 Å². The van der Waals surface area contributed by atoms with E-state index >= 15 is 0 Å². The average Bonchev–Trinajstić information content (AvgIpc) is 2.33. The molecule has 108 valence electrons. The summed E-state index contributed by atoms with van der Waals surface area (Å²) in [6.45, 7) is 9.51. The summed E-state index contributed by atoms with van der Waals surface area (Å²) >= 11 is 0. The highest BCUT2D eigenvalue weighted by Gasteiger charge is 2.18. The molecule has 0 saturated carbocycles. The quantitative estimate of drug-likeness (QED) is 0.858. The fourth-order valence-electron chi connectivity index (χ4n) is 2.49. The second-order valence-corrected chi connectivity index (χ2v) is 5.70. The predicted octanol–water partition coefficient (Wildman–Crippen LogP) is 3.01. The second kappa shape index (κ2) is 6.80. The Balaban J connectivity index is 3.02. The molecule has 19 heavy (non-hydrogen) atoms. The van der Waals surface area contributed by atoms with Crippen LogP contribution >= 0.6 is 0 Å². The van der Waals surface area contributed by atoms with E-state index in [0.29, 0.717) is 5.92 Å². The summed E-state index contributed by atoms with van der Waals surface area (Å²) < 4.78 is 5.50. The lowest BCUT2D eigenvalue weighted by Gasteiger charge is -2.29. The summed E-state index contributed by atoms with van der Waals surface area (Å²) in [5.74, 6) is 1.64. The number of ether oxygens (including phenoxy) is 1. The summed E-state index contributed by atoms with van der Waals surface area (Å²) in [5, 5.41) is 9.47. The van der Waals surface area contributed by atoms with Gasteiger partial charge in [0.15, 0.2) is 0 Å². The van der Waals surface area contributed by atoms with E-state index in [1.54, 1.807) is 7.11 Å². The third kappa shape index (κ3) is 3.87. The van der Waals surface area contributed by atoms with Crippen molar-refractivity contribution in [3.05, 3.63) is 23.3 Å². The molecule has 1 rings (SSSR count). The molecular formula is C16H27NO2. The second-order valence-electron chi connectivity index (χ2n) is 5.70. The summed E-state index contributed by atoms with van der Waals surface area (Å²) in [4.78, 5) is 2.19. The fraction of sp³-hybridized carbons (Fsp3) is 0.625. The van der Waals surface area contributed by atoms with E-state index in [0.717, 1.165) is 18.0 Å². The summed E-state index contributed by atoms with van der Waals surface area (Å²) in [7, 11) is 3.77. The van der Waals surface area contributed by atoms with Crippen LogP contribution in [0.2, 0.25) is 0 Å². The van der Waals surface area contributed by atoms with Gasteiger partial charge in [0.05, 0.1) is 12.8 Å². The van der Waals surface area contributed by atoms with Gasteiger partial charge in [-0.3, -0.25) is 0 Å². The lowest BCUT2D eigenvalue weighted by Crippen LogP contribution is -2.31. The summed E-state index contributed by atoms with van der Waals surface area (Å²) in [6, 6.07) is 4.22. The molecule has 3 nitrogen and oxygen atoms in total. The number of hydrogen-bond donors (Lipinski definition) is 1. The van der Waals surface area contributed by atoms with Crippen LogP contribution < -0.4 is 9.64 Å². The maximum absolute atomic E-state index is 9.47. The lowest BCUT2D eigenvalue weighted by molar-refractivity contribution is 0.193. The van der Waals surface area contributed by atoms with Crippen LogP contribution in [0.25, 0.3) is 0 Å². The molecule has 0 aliphatic carbocycles. The van der Waals surface area contributed by atoms with E-state index in [-0.39, 0.29) is 12.5 Å². The molecule has 0 radical (unpaired) electrons. The van der Waals surface area contributed by atoms with Crippen LogP contribution in [0, 0.1) is 25.7 Å². The molecule has 3 heteroatoms. The zero-order chi connectivity index (χ0) is 14.6. The molecular weight excluding hydrogens is 238 g/mol. The van der Waals surface area contributed by atoms with Gasteiger partial charge in [-0.2, -0.15) is 0 Å². The van der Waals surface area contributed by atoms with Crippen LogP contribution in [0.5, 0.6) is 5.75 Å². The van der Waals surface area contributed by atoms with Gasteiger partial charge in [-0.15, -0.1) is 0 Å². The van der Waals surface area contributed by atoms with Crippen LogP contribution in [0.1, 0.15) is 25.0 Å². The molecule has 0 bridgehead atoms. The van der Waals surface area contributed by atoms with Gasteiger partial charge in [0.2, 0.25) is 0 Å². The van der Waals surface area contributed by atoms with Crippen LogP contribution in [-0.4, -0.2) is 32.4 Å². The van der Waals surface area contributed by atoms with Crippen molar-refractivity contribution in [2.24, 2.45) is 11.8 Å². The minimum Gasteiger partial charge on any atom is -0.495 e. The first-order valence-corrected chi connectivity index (χ1v) is 6.87. The number of nitrogens with zero attached hydrogens (tertiary/aromatic N) is 1. The Morgan fingerprint density at radius 1 is 1.26 bits per heavy atom. The molecule has 0 aliphatic rings. The maximum Gasteiger partial charge on any atom is 0.142 e. The minimum absolute atomic E-state index is 0.217. The molecule has 0 fully saturated rings. The number of rotatable bonds is 6. The molecule has 1 aromatic carbocycles. The van der Waals surface area contributed by atoms with Crippen molar-refractivity contribution in [1.29, 1.82) is 0 Å². The first-order valence-electron chi connectivity index (χ1n) is 6.87. The van der Waals surface area contributed by atoms with E-state index in [4.69, 9.17) is 4.74 Å². The van der Waals surface area contributed by atoms with Crippen molar-refractivity contribution in [3.63, 3.8) is 0 Å². The number of aliphatic hydroxyl groups is 1. The van der Waals surface area contributed by atoms with Gasteiger partial charge in [-0.1, -0.05) is 19.9 Å². The van der Waals surface area contributed by atoms with E-state index in [1.807, 2.05) is 0 Å². The number of aliphatic hydroxyl groups excluding tert-OH is 1. The standard InChI is InChI=1S/C16H27NO2/c1-11(2)14(10-18)9-17(5)16-13(4)7-12(3)8-15(16)19-6/h7-8,11,14,18H,9-10H2,1-6H3. The first-order chi connectivity index (χ1) is 8.90. The predicted molar refractivity (Wildman–Crippen MR) is 81.2 cm³/mol. The van der Waals surface area contributed by atoms with Gasteiger partial charge >= 0.3 is 0 Å². The van der Waals surface area contributed by atoms with Crippen molar-refractivity contribution in [1.82, 2.24) is 0 Å². The van der Waals surface area contributed by atoms with Gasteiger partial charge in [0.1, 0.15) is 5.75 Å². The normalized spacial score (nSPS) is 12.6. The van der Waals surface area contributed by atoms with Crippen molar-refractivity contribution < 1.29 is 9.84 Å². The molecule has 0 saturated heterocycles. The zero-order valence-electron chi connectivity index (χ0n) is 13.0. The van der Waals surface area contributed by atoms with E-state index in [2.05, 4.69) is 51.8 Å². The van der Waals surface area contributed by atoms with Crippen molar-refractivity contribution in [2.75, 3.05) is 32.2 Å². The largest absolute Gasteiger partial charge is 0.495 e. The highest BCUT2D eigenvalue weighted by Crippen LogP contribution is 2.33. The summed E-state index contributed by atoms with van der Waals surface area (Å²) in [6.07, 6.45) is 0. The number of hydrogen-bond acceptors (Lipinski definition) is 3. The third-order valence-electron chi connectivity index (χ3n) is 3.70. The number of benzene rings is 1. The topological polar surface area (TPSA) is 32.7 Å². The average molecular weight is 265 g/mol. The number of aryl methyl sites for hydroxylation is 2. The van der Waals surface area contributed by atoms with Gasteiger partial charge in [0, 0.05) is 26.1 Å². The molecule has 1 N–H and O–H groups in total.